The first kappa shape index (κ1) is 34.6. The predicted molar refractivity (Wildman–Crippen MR) is 249 cm³/mol. The van der Waals surface area contributed by atoms with E-state index in [4.69, 9.17) is 4.42 Å². The van der Waals surface area contributed by atoms with Gasteiger partial charge in [-0.25, -0.2) is 0 Å². The summed E-state index contributed by atoms with van der Waals surface area (Å²) in [5.74, 6) is 0. The molecule has 0 aliphatic heterocycles. The van der Waals surface area contributed by atoms with E-state index in [0.717, 1.165) is 44.6 Å². The van der Waals surface area contributed by atoms with Crippen molar-refractivity contribution in [2.45, 2.75) is 24.7 Å². The first-order chi connectivity index (χ1) is 29.5. The maximum Gasteiger partial charge on any atom is 0.137 e. The molecule has 1 heterocycles. The monoisotopic (exact) mass is 767 g/mol. The molecular weight excluding hydrogens is 727 g/mol. The minimum atomic E-state index is -0.531. The number of fused-ring (bicyclic) bond motifs is 9. The smallest absolute Gasteiger partial charge is 0.137 e. The van der Waals surface area contributed by atoms with Crippen LogP contribution in [0.25, 0.3) is 55.3 Å². The lowest BCUT2D eigenvalue weighted by atomic mass is 9.67. The normalized spacial score (nSPS) is 14.1. The standard InChI is InChI=1S/C58H41NO/c1-57(2)49-26-12-9-23-44(49)47-33-32-43(37-52(47)57)59(53-29-16-30-55-56(53)48-35-39(31-34-54(48)60-55)38-17-5-3-6-18-38)42-22-15-21-41(36-42)58(40-19-7-4-8-20-40)50-27-13-10-24-45(50)46-25-11-14-28-51(46)58/h3-37H,1-2H3. The maximum absolute atomic E-state index is 6.69. The van der Waals surface area contributed by atoms with Crippen molar-refractivity contribution in [2.24, 2.45) is 0 Å². The van der Waals surface area contributed by atoms with E-state index in [1.54, 1.807) is 0 Å². The van der Waals surface area contributed by atoms with Crippen molar-refractivity contribution in [3.63, 3.8) is 0 Å². The Kier molecular flexibility index (Phi) is 7.52. The lowest BCUT2D eigenvalue weighted by molar-refractivity contribution is 0.660. The van der Waals surface area contributed by atoms with E-state index in [1.165, 1.54) is 61.2 Å². The van der Waals surface area contributed by atoms with Crippen LogP contribution in [0.2, 0.25) is 0 Å². The summed E-state index contributed by atoms with van der Waals surface area (Å²) in [6, 6.07) is 78.0. The second kappa shape index (κ2) is 13.0. The van der Waals surface area contributed by atoms with Crippen molar-refractivity contribution in [2.75, 3.05) is 4.90 Å². The van der Waals surface area contributed by atoms with E-state index >= 15 is 0 Å². The van der Waals surface area contributed by atoms with Gasteiger partial charge in [-0.3, -0.25) is 0 Å². The van der Waals surface area contributed by atoms with Crippen LogP contribution in [0.15, 0.2) is 217 Å². The van der Waals surface area contributed by atoms with Crippen LogP contribution in [0.4, 0.5) is 17.1 Å². The molecule has 0 saturated carbocycles. The summed E-state index contributed by atoms with van der Waals surface area (Å²) in [6.45, 7) is 4.72. The van der Waals surface area contributed by atoms with Crippen molar-refractivity contribution >= 4 is 39.0 Å². The summed E-state index contributed by atoms with van der Waals surface area (Å²) in [6.07, 6.45) is 0. The van der Waals surface area contributed by atoms with Gasteiger partial charge in [-0.05, 0) is 115 Å². The third kappa shape index (κ3) is 4.88. The maximum atomic E-state index is 6.69. The van der Waals surface area contributed by atoms with Gasteiger partial charge in [0.05, 0.1) is 16.5 Å². The first-order valence-corrected chi connectivity index (χ1v) is 20.9. The number of hydrogen-bond donors (Lipinski definition) is 0. The number of nitrogens with zero attached hydrogens (tertiary/aromatic N) is 1. The van der Waals surface area contributed by atoms with Crippen molar-refractivity contribution in [1.29, 1.82) is 0 Å². The highest BCUT2D eigenvalue weighted by Gasteiger charge is 2.46. The minimum absolute atomic E-state index is 0.164. The molecule has 2 heteroatoms. The van der Waals surface area contributed by atoms with E-state index in [9.17, 15) is 0 Å². The van der Waals surface area contributed by atoms with Gasteiger partial charge in [0, 0.05) is 22.2 Å². The number of furan rings is 1. The van der Waals surface area contributed by atoms with Crippen LogP contribution in [-0.2, 0) is 10.8 Å². The van der Waals surface area contributed by atoms with Gasteiger partial charge >= 0.3 is 0 Å². The van der Waals surface area contributed by atoms with E-state index in [1.807, 2.05) is 0 Å². The Bertz CT molecular complexity index is 3250. The van der Waals surface area contributed by atoms with Gasteiger partial charge < -0.3 is 9.32 Å². The largest absolute Gasteiger partial charge is 0.456 e. The van der Waals surface area contributed by atoms with Gasteiger partial charge in [-0.15, -0.1) is 0 Å². The Labute approximate surface area is 350 Å². The van der Waals surface area contributed by atoms with E-state index < -0.39 is 5.41 Å². The highest BCUT2D eigenvalue weighted by molar-refractivity contribution is 6.14. The minimum Gasteiger partial charge on any atom is -0.456 e. The molecule has 1 aromatic heterocycles. The van der Waals surface area contributed by atoms with Gasteiger partial charge in [0.1, 0.15) is 11.2 Å². The molecule has 0 fully saturated rings. The molecule has 9 aromatic carbocycles. The molecule has 0 saturated heterocycles. The second-order valence-electron chi connectivity index (χ2n) is 16.8. The number of anilines is 3. The highest BCUT2D eigenvalue weighted by Crippen LogP contribution is 2.57. The number of rotatable bonds is 6. The zero-order valence-corrected chi connectivity index (χ0v) is 33.6. The van der Waals surface area contributed by atoms with Gasteiger partial charge in [0.2, 0.25) is 0 Å². The molecule has 284 valence electrons. The number of hydrogen-bond acceptors (Lipinski definition) is 2. The third-order valence-corrected chi connectivity index (χ3v) is 13.3. The zero-order chi connectivity index (χ0) is 40.0. The van der Waals surface area contributed by atoms with E-state index in [2.05, 4.69) is 231 Å². The summed E-state index contributed by atoms with van der Waals surface area (Å²) in [7, 11) is 0. The molecule has 12 rings (SSSR count). The molecule has 0 spiro atoms. The molecule has 0 radical (unpaired) electrons. The molecule has 0 unspecified atom stereocenters. The van der Waals surface area contributed by atoms with Crippen LogP contribution in [0.3, 0.4) is 0 Å². The SMILES string of the molecule is CC1(C)c2ccccc2-c2ccc(N(c3cccc(C4(c5ccccc5)c5ccccc5-c5ccccc54)c3)c3cccc4oc5ccc(-c6ccccc6)cc5c34)cc21. The Balaban J connectivity index is 1.14. The molecule has 2 aliphatic rings. The molecular formula is C58H41NO. The average molecular weight is 768 g/mol. The average Bonchev–Trinajstić information content (AvgIpc) is 3.91. The van der Waals surface area contributed by atoms with Crippen LogP contribution in [0, 0.1) is 0 Å². The second-order valence-corrected chi connectivity index (χ2v) is 16.8. The lowest BCUT2D eigenvalue weighted by Gasteiger charge is -2.35. The summed E-state index contributed by atoms with van der Waals surface area (Å²) in [4.78, 5) is 2.47. The quantitative estimate of drug-likeness (QED) is 0.168. The van der Waals surface area contributed by atoms with Crippen molar-refractivity contribution in [1.82, 2.24) is 0 Å². The Morgan fingerprint density at radius 2 is 0.967 bits per heavy atom. The van der Waals surface area contributed by atoms with Crippen LogP contribution < -0.4 is 4.90 Å². The summed E-state index contributed by atoms with van der Waals surface area (Å²) in [5, 5.41) is 2.18. The fourth-order valence-corrected chi connectivity index (χ4v) is 10.7. The van der Waals surface area contributed by atoms with Crippen LogP contribution in [0.1, 0.15) is 47.2 Å². The van der Waals surface area contributed by atoms with Crippen LogP contribution in [0.5, 0.6) is 0 Å². The van der Waals surface area contributed by atoms with Crippen molar-refractivity contribution < 1.29 is 4.42 Å². The Morgan fingerprint density at radius 3 is 1.70 bits per heavy atom. The van der Waals surface area contributed by atoms with Gasteiger partial charge in [0.15, 0.2) is 0 Å². The van der Waals surface area contributed by atoms with Crippen LogP contribution >= 0.6 is 0 Å². The molecule has 2 aliphatic carbocycles. The summed E-state index contributed by atoms with van der Waals surface area (Å²) >= 11 is 0. The first-order valence-electron chi connectivity index (χ1n) is 20.9. The van der Waals surface area contributed by atoms with Crippen LogP contribution in [-0.4, -0.2) is 0 Å². The van der Waals surface area contributed by atoms with E-state index in [0.29, 0.717) is 0 Å². The summed E-state index contributed by atoms with van der Waals surface area (Å²) < 4.78 is 6.69. The topological polar surface area (TPSA) is 16.4 Å². The summed E-state index contributed by atoms with van der Waals surface area (Å²) in [5.41, 5.74) is 19.6. The van der Waals surface area contributed by atoms with Gasteiger partial charge in [-0.2, -0.15) is 0 Å². The molecule has 0 N–H and O–H groups in total. The lowest BCUT2D eigenvalue weighted by Crippen LogP contribution is -2.28. The van der Waals surface area contributed by atoms with Gasteiger partial charge in [-0.1, -0.05) is 178 Å². The Hall–Kier alpha value is -7.42. The molecule has 10 aromatic rings. The Morgan fingerprint density at radius 1 is 0.383 bits per heavy atom. The molecule has 0 amide bonds. The van der Waals surface area contributed by atoms with Crippen molar-refractivity contribution in [3.8, 4) is 33.4 Å². The molecule has 2 nitrogen and oxygen atoms in total. The molecule has 0 atom stereocenters. The molecule has 0 bridgehead atoms. The fraction of sp³-hybridized carbons (Fsp3) is 0.0690. The van der Waals surface area contributed by atoms with Gasteiger partial charge in [0.25, 0.3) is 0 Å². The number of benzene rings is 9. The zero-order valence-electron chi connectivity index (χ0n) is 33.6. The highest BCUT2D eigenvalue weighted by atomic mass is 16.3. The fourth-order valence-electron chi connectivity index (χ4n) is 10.7. The molecule has 60 heavy (non-hydrogen) atoms. The third-order valence-electron chi connectivity index (χ3n) is 13.3. The van der Waals surface area contributed by atoms with E-state index in [-0.39, 0.29) is 5.41 Å². The van der Waals surface area contributed by atoms with Crippen molar-refractivity contribution in [3.05, 3.63) is 246 Å². The predicted octanol–water partition coefficient (Wildman–Crippen LogP) is 15.4.